The molecule has 5 rings (SSSR count). The van der Waals surface area contributed by atoms with Crippen LogP contribution in [0.3, 0.4) is 0 Å². The summed E-state index contributed by atoms with van der Waals surface area (Å²) in [6, 6.07) is 27.0. The van der Waals surface area contributed by atoms with E-state index >= 15 is 0 Å². The number of ether oxygens (including phenoxy) is 1. The van der Waals surface area contributed by atoms with Crippen molar-refractivity contribution >= 4 is 57.4 Å². The van der Waals surface area contributed by atoms with Gasteiger partial charge in [-0.05, 0) is 59.2 Å². The Hall–Kier alpha value is -3.60. The fourth-order valence-electron chi connectivity index (χ4n) is 3.96. The van der Waals surface area contributed by atoms with Crippen LogP contribution in [-0.2, 0) is 11.4 Å². The van der Waals surface area contributed by atoms with Crippen molar-refractivity contribution in [2.45, 2.75) is 13.5 Å². The first kappa shape index (κ1) is 22.2. The van der Waals surface area contributed by atoms with Gasteiger partial charge in [0.15, 0.2) is 5.75 Å². The molecule has 6 heteroatoms. The average Bonchev–Trinajstić information content (AvgIpc) is 3.12. The summed E-state index contributed by atoms with van der Waals surface area (Å²) in [5, 5.41) is 8.82. The molecular formula is C28H20Cl2N2O2. The molecule has 4 nitrogen and oxygen atoms in total. The lowest BCUT2D eigenvalue weighted by atomic mass is 10.1. The number of fused-ring (bicyclic) bond motifs is 1. The Morgan fingerprint density at radius 2 is 1.59 bits per heavy atom. The van der Waals surface area contributed by atoms with E-state index in [9.17, 15) is 4.79 Å². The Bertz CT molecular complexity index is 1430. The number of halogens is 2. The van der Waals surface area contributed by atoms with Crippen LogP contribution in [0.25, 0.3) is 16.8 Å². The highest BCUT2D eigenvalue weighted by Crippen LogP contribution is 2.36. The Morgan fingerprint density at radius 1 is 0.912 bits per heavy atom. The van der Waals surface area contributed by atoms with Gasteiger partial charge in [-0.2, -0.15) is 10.1 Å². The summed E-state index contributed by atoms with van der Waals surface area (Å²) >= 11 is 13.1. The maximum absolute atomic E-state index is 13.0. The van der Waals surface area contributed by atoms with Gasteiger partial charge in [-0.25, -0.2) is 0 Å². The van der Waals surface area contributed by atoms with Gasteiger partial charge in [0.05, 0.1) is 27.0 Å². The fraction of sp³-hybridized carbons (Fsp3) is 0.0714. The van der Waals surface area contributed by atoms with Crippen molar-refractivity contribution in [2.75, 3.05) is 5.01 Å². The molecule has 0 saturated carbocycles. The Kier molecular flexibility index (Phi) is 6.10. The highest BCUT2D eigenvalue weighted by atomic mass is 35.5. The molecule has 0 N–H and O–H groups in total. The largest absolute Gasteiger partial charge is 0.486 e. The third-order valence-electron chi connectivity index (χ3n) is 5.65. The van der Waals surface area contributed by atoms with E-state index in [1.807, 2.05) is 54.6 Å². The molecule has 168 valence electrons. The quantitative estimate of drug-likeness (QED) is 0.273. The van der Waals surface area contributed by atoms with E-state index in [1.54, 1.807) is 25.1 Å². The zero-order valence-corrected chi connectivity index (χ0v) is 19.8. The summed E-state index contributed by atoms with van der Waals surface area (Å²) in [5.74, 6) is 0.208. The first-order chi connectivity index (χ1) is 16.5. The van der Waals surface area contributed by atoms with Crippen molar-refractivity contribution in [3.05, 3.63) is 112 Å². The highest BCUT2D eigenvalue weighted by Gasteiger charge is 2.28. The van der Waals surface area contributed by atoms with Gasteiger partial charge in [-0.15, -0.1) is 0 Å². The van der Waals surface area contributed by atoms with E-state index in [-0.39, 0.29) is 5.91 Å². The molecule has 0 unspecified atom stereocenters. The molecule has 1 heterocycles. The molecule has 0 saturated heterocycles. The first-order valence-corrected chi connectivity index (χ1v) is 11.5. The topological polar surface area (TPSA) is 41.9 Å². The van der Waals surface area contributed by atoms with Gasteiger partial charge in [0.1, 0.15) is 6.61 Å². The van der Waals surface area contributed by atoms with E-state index in [0.717, 1.165) is 16.3 Å². The van der Waals surface area contributed by atoms with Crippen molar-refractivity contribution in [1.29, 1.82) is 0 Å². The number of benzene rings is 4. The van der Waals surface area contributed by atoms with Crippen LogP contribution in [0.1, 0.15) is 18.1 Å². The first-order valence-electron chi connectivity index (χ1n) is 10.8. The van der Waals surface area contributed by atoms with E-state index in [1.165, 1.54) is 5.01 Å². The van der Waals surface area contributed by atoms with Crippen LogP contribution in [0.4, 0.5) is 5.69 Å². The number of carbonyl (C=O) groups is 1. The summed E-state index contributed by atoms with van der Waals surface area (Å²) in [4.78, 5) is 13.0. The fourth-order valence-corrected chi connectivity index (χ4v) is 4.58. The summed E-state index contributed by atoms with van der Waals surface area (Å²) in [5.41, 5.74) is 3.56. The SMILES string of the molecule is CC1=NN(c2ccccc2)C(=O)/C1=C/c1cc(Cl)c(OCc2cccc3ccccc23)c(Cl)c1. The molecule has 1 aliphatic rings. The van der Waals surface area contributed by atoms with Crippen molar-refractivity contribution in [3.63, 3.8) is 0 Å². The van der Waals surface area contributed by atoms with Crippen LogP contribution in [0.2, 0.25) is 10.0 Å². The lowest BCUT2D eigenvalue weighted by Crippen LogP contribution is -2.21. The van der Waals surface area contributed by atoms with Crippen LogP contribution in [0.5, 0.6) is 5.75 Å². The molecule has 4 aromatic carbocycles. The van der Waals surface area contributed by atoms with Gasteiger partial charge in [0.25, 0.3) is 5.91 Å². The second-order valence-electron chi connectivity index (χ2n) is 7.94. The van der Waals surface area contributed by atoms with Crippen LogP contribution in [0.15, 0.2) is 95.6 Å². The zero-order chi connectivity index (χ0) is 23.7. The monoisotopic (exact) mass is 486 g/mol. The minimum atomic E-state index is -0.202. The number of para-hydroxylation sites is 1. The molecule has 0 aliphatic carbocycles. The highest BCUT2D eigenvalue weighted by molar-refractivity contribution is 6.37. The number of hydrogen-bond acceptors (Lipinski definition) is 3. The summed E-state index contributed by atoms with van der Waals surface area (Å²) in [6.07, 6.45) is 1.75. The van der Waals surface area contributed by atoms with Gasteiger partial charge in [0, 0.05) is 0 Å². The van der Waals surface area contributed by atoms with Crippen LogP contribution in [0, 0.1) is 0 Å². The maximum atomic E-state index is 13.0. The predicted molar refractivity (Wildman–Crippen MR) is 140 cm³/mol. The third kappa shape index (κ3) is 4.30. The second-order valence-corrected chi connectivity index (χ2v) is 8.75. The minimum Gasteiger partial charge on any atom is -0.486 e. The summed E-state index contributed by atoms with van der Waals surface area (Å²) < 4.78 is 6.02. The number of nitrogens with zero attached hydrogens (tertiary/aromatic N) is 2. The minimum absolute atomic E-state index is 0.202. The van der Waals surface area contributed by atoms with Gasteiger partial charge in [-0.3, -0.25) is 4.79 Å². The smallest absolute Gasteiger partial charge is 0.280 e. The Morgan fingerprint density at radius 3 is 2.35 bits per heavy atom. The van der Waals surface area contributed by atoms with Gasteiger partial charge in [0.2, 0.25) is 0 Å². The number of rotatable bonds is 5. The van der Waals surface area contributed by atoms with Crippen molar-refractivity contribution in [2.24, 2.45) is 5.10 Å². The lowest BCUT2D eigenvalue weighted by molar-refractivity contribution is -0.114. The predicted octanol–water partition coefficient (Wildman–Crippen LogP) is 7.53. The third-order valence-corrected chi connectivity index (χ3v) is 6.21. The molecule has 0 fully saturated rings. The van der Waals surface area contributed by atoms with E-state index in [2.05, 4.69) is 23.3 Å². The van der Waals surface area contributed by atoms with Crippen LogP contribution >= 0.6 is 23.2 Å². The maximum Gasteiger partial charge on any atom is 0.280 e. The zero-order valence-electron chi connectivity index (χ0n) is 18.3. The number of carbonyl (C=O) groups excluding carboxylic acids is 1. The molecule has 0 bridgehead atoms. The summed E-state index contributed by atoms with van der Waals surface area (Å²) in [7, 11) is 0. The van der Waals surface area contributed by atoms with Crippen LogP contribution < -0.4 is 9.75 Å². The molecule has 0 aromatic heterocycles. The molecule has 1 amide bonds. The van der Waals surface area contributed by atoms with Crippen LogP contribution in [-0.4, -0.2) is 11.6 Å². The molecule has 4 aromatic rings. The molecule has 34 heavy (non-hydrogen) atoms. The van der Waals surface area contributed by atoms with Gasteiger partial charge in [-0.1, -0.05) is 83.9 Å². The molecule has 0 spiro atoms. The lowest BCUT2D eigenvalue weighted by Gasteiger charge is -2.13. The number of hydrazone groups is 1. The van der Waals surface area contributed by atoms with E-state index in [4.69, 9.17) is 27.9 Å². The average molecular weight is 487 g/mol. The molecular weight excluding hydrogens is 467 g/mol. The van der Waals surface area contributed by atoms with Gasteiger partial charge < -0.3 is 4.74 Å². The van der Waals surface area contributed by atoms with E-state index in [0.29, 0.717) is 44.9 Å². The van der Waals surface area contributed by atoms with Crippen molar-refractivity contribution in [3.8, 4) is 5.75 Å². The molecule has 1 aliphatic heterocycles. The number of anilines is 1. The number of hydrogen-bond donors (Lipinski definition) is 0. The Labute approximate surface area is 207 Å². The second kappa shape index (κ2) is 9.34. The number of amides is 1. The summed E-state index contributed by atoms with van der Waals surface area (Å²) in [6.45, 7) is 2.13. The van der Waals surface area contributed by atoms with Crippen molar-refractivity contribution in [1.82, 2.24) is 0 Å². The molecule has 0 radical (unpaired) electrons. The molecule has 0 atom stereocenters. The van der Waals surface area contributed by atoms with Gasteiger partial charge >= 0.3 is 0 Å². The normalized spacial score (nSPS) is 14.7. The van der Waals surface area contributed by atoms with Crippen molar-refractivity contribution < 1.29 is 9.53 Å². The Balaban J connectivity index is 1.39. The van der Waals surface area contributed by atoms with E-state index < -0.39 is 0 Å². The standard InChI is InChI=1S/C28H20Cl2N2O2/c1-18-24(28(33)32(31-18)22-11-3-2-4-12-22)14-19-15-25(29)27(26(30)16-19)34-17-21-10-7-9-20-8-5-6-13-23(20)21/h2-16H,17H2,1H3/b24-14+.